The normalized spacial score (nSPS) is 11.6. The molecule has 0 saturated carbocycles. The topological polar surface area (TPSA) is 47.3 Å². The summed E-state index contributed by atoms with van der Waals surface area (Å²) in [5.41, 5.74) is 3.71. The van der Waals surface area contributed by atoms with Crippen molar-refractivity contribution in [3.05, 3.63) is 51.3 Å². The lowest BCUT2D eigenvalue weighted by atomic mass is 10.2. The Morgan fingerprint density at radius 2 is 2.00 bits per heavy atom. The molecule has 0 N–H and O–H groups in total. The Kier molecular flexibility index (Phi) is 2.15. The van der Waals surface area contributed by atoms with Crippen molar-refractivity contribution in [3.8, 4) is 0 Å². The molecule has 4 nitrogen and oxygen atoms in total. The van der Waals surface area contributed by atoms with E-state index in [2.05, 4.69) is 9.97 Å². The third-order valence-corrected chi connectivity index (χ3v) is 4.12. The van der Waals surface area contributed by atoms with Gasteiger partial charge in [-0.1, -0.05) is 11.6 Å². The van der Waals surface area contributed by atoms with Crippen molar-refractivity contribution in [1.82, 2.24) is 14.4 Å². The molecule has 0 unspecified atom stereocenters. The molecule has 0 atom stereocenters. The van der Waals surface area contributed by atoms with Crippen LogP contribution < -0.4 is 5.56 Å². The Balaban J connectivity index is 2.36. The summed E-state index contributed by atoms with van der Waals surface area (Å²) < 4.78 is 2.34. The quantitative estimate of drug-likeness (QED) is 0.467. The molecule has 0 spiro atoms. The number of thiazole rings is 1. The van der Waals surface area contributed by atoms with E-state index in [1.165, 1.54) is 15.7 Å². The fraction of sp³-hybridized carbons (Fsp3) is 0. The van der Waals surface area contributed by atoms with Crippen LogP contribution in [0.25, 0.3) is 26.8 Å². The van der Waals surface area contributed by atoms with E-state index in [9.17, 15) is 4.79 Å². The summed E-state index contributed by atoms with van der Waals surface area (Å²) in [5.74, 6) is 0. The van der Waals surface area contributed by atoms with Gasteiger partial charge in [0.05, 0.1) is 31.7 Å². The lowest BCUT2D eigenvalue weighted by molar-refractivity contribution is 1.08. The number of hydrogen-bond donors (Lipinski definition) is 0. The van der Waals surface area contributed by atoms with Gasteiger partial charge >= 0.3 is 0 Å². The second kappa shape index (κ2) is 3.76. The molecule has 0 aliphatic heterocycles. The first-order valence-electron chi connectivity index (χ1n) is 5.58. The molecule has 0 aliphatic carbocycles. The van der Waals surface area contributed by atoms with E-state index in [1.807, 2.05) is 12.1 Å². The predicted octanol–water partition coefficient (Wildman–Crippen LogP) is 3.11. The van der Waals surface area contributed by atoms with Gasteiger partial charge in [-0.15, -0.1) is 11.3 Å². The van der Waals surface area contributed by atoms with Crippen LogP contribution >= 0.6 is 22.9 Å². The zero-order chi connectivity index (χ0) is 13.0. The zero-order valence-electron chi connectivity index (χ0n) is 9.50. The Labute approximate surface area is 115 Å². The molecular formula is C13H6ClN3OS. The minimum atomic E-state index is -0.114. The summed E-state index contributed by atoms with van der Waals surface area (Å²) >= 11 is 7.39. The van der Waals surface area contributed by atoms with Crippen molar-refractivity contribution in [2.24, 2.45) is 0 Å². The molecule has 6 heteroatoms. The standard InChI is InChI=1S/C13H6ClN3OS/c14-7-1-4-10-16-8-2-3-9-12(19-6-15-9)11(8)13(18)17(10)5-7/h1-6H. The number of rotatable bonds is 0. The summed E-state index contributed by atoms with van der Waals surface area (Å²) in [5, 5.41) is 1.10. The number of halogens is 1. The van der Waals surface area contributed by atoms with Crippen LogP contribution in [0.3, 0.4) is 0 Å². The molecule has 1 aromatic carbocycles. The Morgan fingerprint density at radius 3 is 2.89 bits per heavy atom. The van der Waals surface area contributed by atoms with Gasteiger partial charge in [-0.25, -0.2) is 9.97 Å². The minimum absolute atomic E-state index is 0.114. The second-order valence-corrected chi connectivity index (χ2v) is 5.44. The maximum Gasteiger partial charge on any atom is 0.267 e. The lowest BCUT2D eigenvalue weighted by Gasteiger charge is -2.03. The van der Waals surface area contributed by atoms with E-state index >= 15 is 0 Å². The summed E-state index contributed by atoms with van der Waals surface area (Å²) in [4.78, 5) is 21.3. The van der Waals surface area contributed by atoms with Gasteiger partial charge in [-0.3, -0.25) is 9.20 Å². The number of pyridine rings is 1. The average Bonchev–Trinajstić information content (AvgIpc) is 2.88. The van der Waals surface area contributed by atoms with Crippen molar-refractivity contribution in [2.75, 3.05) is 0 Å². The van der Waals surface area contributed by atoms with Crippen LogP contribution in [0.15, 0.2) is 40.8 Å². The van der Waals surface area contributed by atoms with E-state index in [0.717, 1.165) is 10.2 Å². The van der Waals surface area contributed by atoms with E-state index in [0.29, 0.717) is 21.6 Å². The van der Waals surface area contributed by atoms with Crippen molar-refractivity contribution >= 4 is 49.7 Å². The minimum Gasteiger partial charge on any atom is -0.268 e. The highest BCUT2D eigenvalue weighted by atomic mass is 35.5. The maximum absolute atomic E-state index is 12.6. The summed E-state index contributed by atoms with van der Waals surface area (Å²) in [6.07, 6.45) is 1.59. The summed E-state index contributed by atoms with van der Waals surface area (Å²) in [6, 6.07) is 7.17. The highest BCUT2D eigenvalue weighted by molar-refractivity contribution is 7.17. The van der Waals surface area contributed by atoms with Gasteiger partial charge in [-0.05, 0) is 24.3 Å². The van der Waals surface area contributed by atoms with E-state index < -0.39 is 0 Å². The number of benzene rings is 1. The molecular weight excluding hydrogens is 282 g/mol. The van der Waals surface area contributed by atoms with Crippen LogP contribution in [-0.2, 0) is 0 Å². The molecule has 0 amide bonds. The van der Waals surface area contributed by atoms with Crippen molar-refractivity contribution < 1.29 is 0 Å². The number of fused-ring (bicyclic) bond motifs is 4. The molecule has 4 aromatic rings. The molecule has 0 bridgehead atoms. The first-order chi connectivity index (χ1) is 9.24. The van der Waals surface area contributed by atoms with Crippen LogP contribution in [0.4, 0.5) is 0 Å². The van der Waals surface area contributed by atoms with E-state index in [1.54, 1.807) is 23.8 Å². The lowest BCUT2D eigenvalue weighted by Crippen LogP contribution is -2.15. The first kappa shape index (κ1) is 10.9. The van der Waals surface area contributed by atoms with Crippen LogP contribution in [-0.4, -0.2) is 14.4 Å². The number of hydrogen-bond acceptors (Lipinski definition) is 4. The van der Waals surface area contributed by atoms with Gasteiger partial charge in [0.1, 0.15) is 5.65 Å². The second-order valence-electron chi connectivity index (χ2n) is 4.15. The maximum atomic E-state index is 12.6. The number of nitrogens with zero attached hydrogens (tertiary/aromatic N) is 3. The smallest absolute Gasteiger partial charge is 0.267 e. The van der Waals surface area contributed by atoms with Crippen LogP contribution in [0, 0.1) is 0 Å². The predicted molar refractivity (Wildman–Crippen MR) is 77.2 cm³/mol. The Morgan fingerprint density at radius 1 is 1.16 bits per heavy atom. The highest BCUT2D eigenvalue weighted by Crippen LogP contribution is 2.25. The first-order valence-corrected chi connectivity index (χ1v) is 6.84. The van der Waals surface area contributed by atoms with Crippen molar-refractivity contribution in [1.29, 1.82) is 0 Å². The Bertz CT molecular complexity index is 1010. The van der Waals surface area contributed by atoms with Crippen molar-refractivity contribution in [2.45, 2.75) is 0 Å². The third kappa shape index (κ3) is 1.49. The van der Waals surface area contributed by atoms with Gasteiger partial charge in [0.2, 0.25) is 0 Å². The molecule has 0 radical (unpaired) electrons. The monoisotopic (exact) mass is 287 g/mol. The van der Waals surface area contributed by atoms with Gasteiger partial charge in [0.25, 0.3) is 5.56 Å². The summed E-state index contributed by atoms with van der Waals surface area (Å²) in [7, 11) is 0. The fourth-order valence-electron chi connectivity index (χ4n) is 2.18. The molecule has 0 fully saturated rings. The van der Waals surface area contributed by atoms with E-state index in [-0.39, 0.29) is 5.56 Å². The largest absolute Gasteiger partial charge is 0.268 e. The van der Waals surface area contributed by atoms with Gasteiger partial charge < -0.3 is 0 Å². The SMILES string of the molecule is O=c1c2c(ccc3ncsc32)nc2ccc(Cl)cn12. The third-order valence-electron chi connectivity index (χ3n) is 3.04. The van der Waals surface area contributed by atoms with Crippen LogP contribution in [0.1, 0.15) is 0 Å². The number of aromatic nitrogens is 3. The Hall–Kier alpha value is -1.98. The molecule has 3 aromatic heterocycles. The molecule has 4 rings (SSSR count). The van der Waals surface area contributed by atoms with Crippen molar-refractivity contribution in [3.63, 3.8) is 0 Å². The van der Waals surface area contributed by atoms with Gasteiger partial charge in [0, 0.05) is 6.20 Å². The molecule has 19 heavy (non-hydrogen) atoms. The van der Waals surface area contributed by atoms with Crippen LogP contribution in [0.5, 0.6) is 0 Å². The highest BCUT2D eigenvalue weighted by Gasteiger charge is 2.10. The molecule has 92 valence electrons. The molecule has 0 saturated heterocycles. The van der Waals surface area contributed by atoms with E-state index in [4.69, 9.17) is 11.6 Å². The molecule has 3 heterocycles. The zero-order valence-corrected chi connectivity index (χ0v) is 11.1. The summed E-state index contributed by atoms with van der Waals surface area (Å²) in [6.45, 7) is 0. The molecule has 0 aliphatic rings. The van der Waals surface area contributed by atoms with Crippen LogP contribution in [0.2, 0.25) is 5.02 Å². The average molecular weight is 288 g/mol. The fourth-order valence-corrected chi connectivity index (χ4v) is 3.17. The van der Waals surface area contributed by atoms with Gasteiger partial charge in [0.15, 0.2) is 0 Å². The van der Waals surface area contributed by atoms with Gasteiger partial charge in [-0.2, -0.15) is 0 Å².